The van der Waals surface area contributed by atoms with E-state index in [9.17, 15) is 9.18 Å². The van der Waals surface area contributed by atoms with Crippen molar-refractivity contribution < 1.29 is 13.7 Å². The highest BCUT2D eigenvalue weighted by Gasteiger charge is 2.10. The molecule has 0 fully saturated rings. The number of rotatable bonds is 7. The normalized spacial score (nSPS) is 10.7. The van der Waals surface area contributed by atoms with Crippen molar-refractivity contribution in [3.05, 3.63) is 58.4 Å². The van der Waals surface area contributed by atoms with Crippen molar-refractivity contribution in [3.8, 4) is 11.4 Å². The number of nitrogens with one attached hydrogen (secondary N) is 1. The van der Waals surface area contributed by atoms with Crippen molar-refractivity contribution in [1.29, 1.82) is 0 Å². The molecule has 0 bridgehead atoms. The summed E-state index contributed by atoms with van der Waals surface area (Å²) in [6, 6.07) is 8.28. The van der Waals surface area contributed by atoms with E-state index in [4.69, 9.17) is 4.52 Å². The largest absolute Gasteiger partial charge is 0.356 e. The number of hydrogen-bond acceptors (Lipinski definition) is 5. The summed E-state index contributed by atoms with van der Waals surface area (Å²) in [6.45, 7) is 0.465. The van der Waals surface area contributed by atoms with E-state index < -0.39 is 0 Å². The molecule has 124 valence electrons. The molecule has 0 atom stereocenters. The molecule has 0 spiro atoms. The molecular weight excluding hydrogens is 329 g/mol. The molecule has 2 aromatic heterocycles. The minimum absolute atomic E-state index is 0.0957. The summed E-state index contributed by atoms with van der Waals surface area (Å²) in [5.41, 5.74) is 1.77. The Balaban J connectivity index is 1.41. The van der Waals surface area contributed by atoms with Gasteiger partial charge in [0.1, 0.15) is 5.82 Å². The van der Waals surface area contributed by atoms with E-state index in [0.29, 0.717) is 31.1 Å². The molecule has 0 saturated heterocycles. The van der Waals surface area contributed by atoms with E-state index >= 15 is 0 Å². The van der Waals surface area contributed by atoms with Crippen molar-refractivity contribution in [2.24, 2.45) is 0 Å². The summed E-state index contributed by atoms with van der Waals surface area (Å²) in [5.74, 6) is 0.618. The third-order valence-electron chi connectivity index (χ3n) is 3.44. The first-order valence-corrected chi connectivity index (χ1v) is 8.51. The minimum atomic E-state index is -0.267. The van der Waals surface area contributed by atoms with Crippen LogP contribution in [0.3, 0.4) is 0 Å². The molecule has 3 aromatic rings. The number of carbonyl (C=O) groups is 1. The number of hydrogen-bond donors (Lipinski definition) is 1. The second-order valence-electron chi connectivity index (χ2n) is 5.25. The molecule has 7 heteroatoms. The molecule has 1 amide bonds. The highest BCUT2D eigenvalue weighted by molar-refractivity contribution is 7.08. The van der Waals surface area contributed by atoms with E-state index in [0.717, 1.165) is 11.1 Å². The van der Waals surface area contributed by atoms with E-state index in [2.05, 4.69) is 15.5 Å². The highest BCUT2D eigenvalue weighted by Crippen LogP contribution is 2.18. The lowest BCUT2D eigenvalue weighted by Crippen LogP contribution is -2.25. The number of amides is 1. The molecule has 0 aliphatic heterocycles. The predicted molar refractivity (Wildman–Crippen MR) is 89.0 cm³/mol. The maximum atomic E-state index is 13.1. The monoisotopic (exact) mass is 345 g/mol. The molecule has 0 unspecified atom stereocenters. The number of benzene rings is 1. The Morgan fingerprint density at radius 3 is 3.00 bits per heavy atom. The lowest BCUT2D eigenvalue weighted by Gasteiger charge is -2.04. The van der Waals surface area contributed by atoms with Gasteiger partial charge in [-0.1, -0.05) is 17.3 Å². The van der Waals surface area contributed by atoms with Crippen LogP contribution < -0.4 is 5.32 Å². The molecule has 1 aromatic carbocycles. The average molecular weight is 345 g/mol. The van der Waals surface area contributed by atoms with Gasteiger partial charge in [0.2, 0.25) is 17.6 Å². The summed E-state index contributed by atoms with van der Waals surface area (Å²) in [7, 11) is 0. The first-order valence-electron chi connectivity index (χ1n) is 7.57. The molecule has 0 aliphatic carbocycles. The number of thiophene rings is 1. The van der Waals surface area contributed by atoms with Crippen LogP contribution in [-0.2, 0) is 17.6 Å². The molecule has 0 saturated carbocycles. The van der Waals surface area contributed by atoms with Crippen molar-refractivity contribution in [2.45, 2.75) is 19.3 Å². The number of nitrogens with zero attached hydrogens (tertiary/aromatic N) is 2. The molecule has 0 radical (unpaired) electrons. The van der Waals surface area contributed by atoms with Gasteiger partial charge in [-0.05, 0) is 35.6 Å². The van der Waals surface area contributed by atoms with Gasteiger partial charge in [0, 0.05) is 30.3 Å². The van der Waals surface area contributed by atoms with Gasteiger partial charge in [0.15, 0.2) is 0 Å². The SMILES string of the molecule is O=C(CCc1nc(-c2ccsc2)no1)NCCc1cccc(F)c1. The van der Waals surface area contributed by atoms with Crippen LogP contribution in [0.4, 0.5) is 4.39 Å². The van der Waals surface area contributed by atoms with E-state index in [1.807, 2.05) is 22.9 Å². The van der Waals surface area contributed by atoms with Crippen molar-refractivity contribution in [1.82, 2.24) is 15.5 Å². The van der Waals surface area contributed by atoms with Crippen molar-refractivity contribution >= 4 is 17.2 Å². The first-order chi connectivity index (χ1) is 11.7. The molecule has 2 heterocycles. The molecule has 5 nitrogen and oxygen atoms in total. The van der Waals surface area contributed by atoms with Gasteiger partial charge in [-0.3, -0.25) is 4.79 Å². The number of aryl methyl sites for hydroxylation is 1. The highest BCUT2D eigenvalue weighted by atomic mass is 32.1. The van der Waals surface area contributed by atoms with Crippen LogP contribution in [-0.4, -0.2) is 22.6 Å². The summed E-state index contributed by atoms with van der Waals surface area (Å²) in [4.78, 5) is 16.1. The number of aromatic nitrogens is 2. The summed E-state index contributed by atoms with van der Waals surface area (Å²) < 4.78 is 18.2. The zero-order chi connectivity index (χ0) is 16.8. The molecule has 1 N–H and O–H groups in total. The Morgan fingerprint density at radius 1 is 1.29 bits per heavy atom. The Hall–Kier alpha value is -2.54. The van der Waals surface area contributed by atoms with Gasteiger partial charge in [-0.25, -0.2) is 4.39 Å². The first kappa shape index (κ1) is 16.3. The van der Waals surface area contributed by atoms with E-state index in [1.165, 1.54) is 12.1 Å². The fraction of sp³-hybridized carbons (Fsp3) is 0.235. The van der Waals surface area contributed by atoms with Gasteiger partial charge < -0.3 is 9.84 Å². The van der Waals surface area contributed by atoms with Crippen LogP contribution in [0.15, 0.2) is 45.6 Å². The Morgan fingerprint density at radius 2 is 2.21 bits per heavy atom. The summed E-state index contributed by atoms with van der Waals surface area (Å²) >= 11 is 1.56. The van der Waals surface area contributed by atoms with E-state index in [1.54, 1.807) is 17.4 Å². The molecule has 3 rings (SSSR count). The summed E-state index contributed by atoms with van der Waals surface area (Å²) in [6.07, 6.45) is 1.25. The smallest absolute Gasteiger partial charge is 0.227 e. The van der Waals surface area contributed by atoms with Crippen molar-refractivity contribution in [2.75, 3.05) is 6.54 Å². The molecule has 0 aliphatic rings. The van der Waals surface area contributed by atoms with Crippen LogP contribution >= 0.6 is 11.3 Å². The maximum absolute atomic E-state index is 13.1. The second-order valence-corrected chi connectivity index (χ2v) is 6.03. The predicted octanol–water partition coefficient (Wildman–Crippen LogP) is 3.23. The van der Waals surface area contributed by atoms with Crippen LogP contribution in [0.2, 0.25) is 0 Å². The zero-order valence-electron chi connectivity index (χ0n) is 12.9. The van der Waals surface area contributed by atoms with E-state index in [-0.39, 0.29) is 18.1 Å². The van der Waals surface area contributed by atoms with Crippen LogP contribution in [0.25, 0.3) is 11.4 Å². The van der Waals surface area contributed by atoms with Crippen LogP contribution in [0, 0.1) is 5.82 Å². The molecular formula is C17H16FN3O2S. The Kier molecular flexibility index (Phi) is 5.32. The minimum Gasteiger partial charge on any atom is -0.356 e. The summed E-state index contributed by atoms with van der Waals surface area (Å²) in [5, 5.41) is 10.6. The van der Waals surface area contributed by atoms with Gasteiger partial charge in [0.25, 0.3) is 0 Å². The quantitative estimate of drug-likeness (QED) is 0.714. The lowest BCUT2D eigenvalue weighted by atomic mass is 10.1. The van der Waals surface area contributed by atoms with Gasteiger partial charge >= 0.3 is 0 Å². The number of halogens is 1. The lowest BCUT2D eigenvalue weighted by molar-refractivity contribution is -0.121. The van der Waals surface area contributed by atoms with Gasteiger partial charge in [0.05, 0.1) is 0 Å². The second kappa shape index (κ2) is 7.83. The maximum Gasteiger partial charge on any atom is 0.227 e. The zero-order valence-corrected chi connectivity index (χ0v) is 13.7. The Labute approximate surface area is 142 Å². The van der Waals surface area contributed by atoms with Crippen molar-refractivity contribution in [3.63, 3.8) is 0 Å². The fourth-order valence-electron chi connectivity index (χ4n) is 2.21. The third-order valence-corrected chi connectivity index (χ3v) is 4.12. The number of carbonyl (C=O) groups excluding carboxylic acids is 1. The topological polar surface area (TPSA) is 68.0 Å². The average Bonchev–Trinajstić information content (AvgIpc) is 3.24. The molecule has 24 heavy (non-hydrogen) atoms. The van der Waals surface area contributed by atoms with Crippen LogP contribution in [0.1, 0.15) is 17.9 Å². The standard InChI is InChI=1S/C17H16FN3O2S/c18-14-3-1-2-12(10-14)6-8-19-15(22)4-5-16-20-17(21-23-16)13-7-9-24-11-13/h1-3,7,9-11H,4-6,8H2,(H,19,22). The van der Waals surface area contributed by atoms with Gasteiger partial charge in [-0.2, -0.15) is 16.3 Å². The Bertz CT molecular complexity index is 802. The third kappa shape index (κ3) is 4.48. The van der Waals surface area contributed by atoms with Crippen LogP contribution in [0.5, 0.6) is 0 Å². The van der Waals surface area contributed by atoms with Gasteiger partial charge in [-0.15, -0.1) is 0 Å². The fourth-order valence-corrected chi connectivity index (χ4v) is 2.85.